The van der Waals surface area contributed by atoms with Gasteiger partial charge < -0.3 is 15.2 Å². The van der Waals surface area contributed by atoms with Crippen LogP contribution in [0.25, 0.3) is 0 Å². The van der Waals surface area contributed by atoms with Gasteiger partial charge in [0.05, 0.1) is 7.11 Å². The quantitative estimate of drug-likeness (QED) is 0.905. The molecule has 0 aliphatic heterocycles. The van der Waals surface area contributed by atoms with Crippen molar-refractivity contribution in [1.82, 2.24) is 0 Å². The van der Waals surface area contributed by atoms with Gasteiger partial charge >= 0.3 is 0 Å². The van der Waals surface area contributed by atoms with Crippen molar-refractivity contribution in [2.45, 2.75) is 6.92 Å². The molecule has 0 spiro atoms. The Morgan fingerprint density at radius 3 is 2.70 bits per heavy atom. The molecule has 4 nitrogen and oxygen atoms in total. The summed E-state index contributed by atoms with van der Waals surface area (Å²) in [7, 11) is 1.37. The van der Waals surface area contributed by atoms with E-state index in [9.17, 15) is 14.3 Å². The number of ether oxygens (including phenoxy) is 1. The maximum atomic E-state index is 13.5. The molecule has 0 radical (unpaired) electrons. The first-order valence-corrected chi connectivity index (χ1v) is 5.96. The fraction of sp³-hybridized carbons (Fsp3) is 0.133. The van der Waals surface area contributed by atoms with Gasteiger partial charge in [-0.25, -0.2) is 4.39 Å². The van der Waals surface area contributed by atoms with Crippen LogP contribution in [0.1, 0.15) is 15.9 Å². The normalized spacial score (nSPS) is 10.2. The Labute approximate surface area is 115 Å². The first kappa shape index (κ1) is 13.9. The van der Waals surface area contributed by atoms with Crippen LogP contribution in [0.4, 0.5) is 10.1 Å². The highest BCUT2D eigenvalue weighted by molar-refractivity contribution is 6.05. The number of hydrogen-bond donors (Lipinski definition) is 2. The molecule has 0 bridgehead atoms. The van der Waals surface area contributed by atoms with E-state index < -0.39 is 11.7 Å². The zero-order valence-electron chi connectivity index (χ0n) is 11.1. The first-order chi connectivity index (χ1) is 9.52. The molecule has 5 heteroatoms. The lowest BCUT2D eigenvalue weighted by Gasteiger charge is -2.09. The van der Waals surface area contributed by atoms with Crippen LogP contribution in [-0.4, -0.2) is 18.1 Å². The number of benzene rings is 2. The number of aromatic hydroxyl groups is 1. The molecule has 0 fully saturated rings. The van der Waals surface area contributed by atoms with Crippen molar-refractivity contribution in [3.63, 3.8) is 0 Å². The second kappa shape index (κ2) is 5.61. The van der Waals surface area contributed by atoms with Gasteiger partial charge in [-0.05, 0) is 31.2 Å². The predicted molar refractivity (Wildman–Crippen MR) is 73.7 cm³/mol. The second-order valence-corrected chi connectivity index (χ2v) is 4.25. The van der Waals surface area contributed by atoms with Gasteiger partial charge in [0.25, 0.3) is 5.91 Å². The Hall–Kier alpha value is -2.56. The Morgan fingerprint density at radius 2 is 2.05 bits per heavy atom. The lowest BCUT2D eigenvalue weighted by molar-refractivity contribution is 0.102. The van der Waals surface area contributed by atoms with E-state index in [2.05, 4.69) is 5.32 Å². The fourth-order valence-electron chi connectivity index (χ4n) is 1.81. The van der Waals surface area contributed by atoms with Gasteiger partial charge in [0, 0.05) is 22.9 Å². The van der Waals surface area contributed by atoms with Crippen molar-refractivity contribution in [2.75, 3.05) is 12.4 Å². The molecule has 0 aliphatic carbocycles. The molecule has 0 atom stereocenters. The van der Waals surface area contributed by atoms with E-state index in [4.69, 9.17) is 4.74 Å². The summed E-state index contributed by atoms with van der Waals surface area (Å²) >= 11 is 0. The third-order valence-corrected chi connectivity index (χ3v) is 2.96. The van der Waals surface area contributed by atoms with Crippen LogP contribution < -0.4 is 10.1 Å². The number of anilines is 1. The van der Waals surface area contributed by atoms with Gasteiger partial charge in [-0.3, -0.25) is 4.79 Å². The van der Waals surface area contributed by atoms with Crippen molar-refractivity contribution in [1.29, 1.82) is 0 Å². The van der Waals surface area contributed by atoms with E-state index in [1.807, 2.05) is 0 Å². The third-order valence-electron chi connectivity index (χ3n) is 2.96. The summed E-state index contributed by atoms with van der Waals surface area (Å²) in [6, 6.07) is 8.81. The van der Waals surface area contributed by atoms with Gasteiger partial charge in [0.2, 0.25) is 0 Å². The maximum absolute atomic E-state index is 13.5. The average Bonchev–Trinajstić information content (AvgIpc) is 2.42. The SMILES string of the molecule is COc1ccc(NC(=O)c2cccc(O)c2C)cc1F. The third kappa shape index (κ3) is 2.71. The number of hydrogen-bond acceptors (Lipinski definition) is 3. The van der Waals surface area contributed by atoms with Crippen molar-refractivity contribution in [2.24, 2.45) is 0 Å². The van der Waals surface area contributed by atoms with Gasteiger partial charge in [-0.2, -0.15) is 0 Å². The minimum Gasteiger partial charge on any atom is -0.508 e. The summed E-state index contributed by atoms with van der Waals surface area (Å²) in [5, 5.41) is 12.1. The van der Waals surface area contributed by atoms with Crippen molar-refractivity contribution in [3.8, 4) is 11.5 Å². The summed E-state index contributed by atoms with van der Waals surface area (Å²) < 4.78 is 18.3. The minimum absolute atomic E-state index is 0.0403. The van der Waals surface area contributed by atoms with Crippen molar-refractivity contribution < 1.29 is 19.0 Å². The van der Waals surface area contributed by atoms with Crippen LogP contribution in [0.3, 0.4) is 0 Å². The molecule has 0 saturated heterocycles. The highest BCUT2D eigenvalue weighted by Crippen LogP contribution is 2.23. The van der Waals surface area contributed by atoms with E-state index >= 15 is 0 Å². The number of phenols is 1. The lowest BCUT2D eigenvalue weighted by Crippen LogP contribution is -2.13. The largest absolute Gasteiger partial charge is 0.508 e. The van der Waals surface area contributed by atoms with Crippen molar-refractivity contribution in [3.05, 3.63) is 53.3 Å². The lowest BCUT2D eigenvalue weighted by atomic mass is 10.1. The molecular weight excluding hydrogens is 261 g/mol. The number of amides is 1. The molecule has 2 rings (SSSR count). The molecule has 2 N–H and O–H groups in total. The molecule has 1 amide bonds. The van der Waals surface area contributed by atoms with Gasteiger partial charge in [0.15, 0.2) is 11.6 Å². The van der Waals surface area contributed by atoms with Crippen LogP contribution >= 0.6 is 0 Å². The second-order valence-electron chi connectivity index (χ2n) is 4.25. The molecule has 20 heavy (non-hydrogen) atoms. The molecule has 2 aromatic carbocycles. The van der Waals surface area contributed by atoms with Crippen molar-refractivity contribution >= 4 is 11.6 Å². The summed E-state index contributed by atoms with van der Waals surface area (Å²) in [5.74, 6) is -0.823. The zero-order chi connectivity index (χ0) is 14.7. The van der Waals surface area contributed by atoms with Crippen LogP contribution in [0.5, 0.6) is 11.5 Å². The summed E-state index contributed by atoms with van der Waals surface area (Å²) in [6.45, 7) is 1.64. The topological polar surface area (TPSA) is 58.6 Å². The van der Waals surface area contributed by atoms with Gasteiger partial charge in [-0.15, -0.1) is 0 Å². The maximum Gasteiger partial charge on any atom is 0.256 e. The molecule has 0 aliphatic rings. The highest BCUT2D eigenvalue weighted by atomic mass is 19.1. The van der Waals surface area contributed by atoms with E-state index in [1.54, 1.807) is 19.1 Å². The number of halogens is 1. The van der Waals surface area contributed by atoms with Crippen LogP contribution in [-0.2, 0) is 0 Å². The number of carbonyl (C=O) groups excluding carboxylic acids is 1. The summed E-state index contributed by atoms with van der Waals surface area (Å²) in [5.41, 5.74) is 1.12. The minimum atomic E-state index is -0.557. The van der Waals surface area contributed by atoms with Crippen LogP contribution in [0.2, 0.25) is 0 Å². The Bertz CT molecular complexity index is 656. The number of carbonyl (C=O) groups is 1. The molecule has 0 heterocycles. The summed E-state index contributed by atoms with van der Waals surface area (Å²) in [6.07, 6.45) is 0. The molecule has 2 aromatic rings. The Balaban J connectivity index is 2.24. The van der Waals surface area contributed by atoms with Crippen LogP contribution in [0, 0.1) is 12.7 Å². The Morgan fingerprint density at radius 1 is 1.30 bits per heavy atom. The summed E-state index contributed by atoms with van der Waals surface area (Å²) in [4.78, 5) is 12.1. The Kier molecular flexibility index (Phi) is 3.89. The molecule has 0 saturated carbocycles. The number of phenolic OH excluding ortho intramolecular Hbond substituents is 1. The van der Waals surface area contributed by atoms with Gasteiger partial charge in [-0.1, -0.05) is 6.07 Å². The monoisotopic (exact) mass is 275 g/mol. The van der Waals surface area contributed by atoms with Gasteiger partial charge in [0.1, 0.15) is 5.75 Å². The molecular formula is C15H14FNO3. The number of methoxy groups -OCH3 is 1. The van der Waals surface area contributed by atoms with E-state index in [1.165, 1.54) is 31.4 Å². The van der Waals surface area contributed by atoms with Crippen LogP contribution in [0.15, 0.2) is 36.4 Å². The predicted octanol–water partition coefficient (Wildman–Crippen LogP) is 3.10. The fourth-order valence-corrected chi connectivity index (χ4v) is 1.81. The first-order valence-electron chi connectivity index (χ1n) is 5.96. The van der Waals surface area contributed by atoms with E-state index in [0.29, 0.717) is 16.8 Å². The van der Waals surface area contributed by atoms with E-state index in [-0.39, 0.29) is 11.5 Å². The molecule has 0 aromatic heterocycles. The molecule has 104 valence electrons. The zero-order valence-corrected chi connectivity index (χ0v) is 11.1. The standard InChI is InChI=1S/C15H14FNO3/c1-9-11(4-3-5-13(9)18)15(19)17-10-6-7-14(20-2)12(16)8-10/h3-8,18H,1-2H3,(H,17,19). The van der Waals surface area contributed by atoms with E-state index in [0.717, 1.165) is 0 Å². The average molecular weight is 275 g/mol. The number of rotatable bonds is 3. The molecule has 0 unspecified atom stereocenters. The highest BCUT2D eigenvalue weighted by Gasteiger charge is 2.12. The smallest absolute Gasteiger partial charge is 0.256 e. The number of nitrogens with one attached hydrogen (secondary N) is 1.